The fraction of sp³-hybridized carbons (Fsp3) is 0.120. The van der Waals surface area contributed by atoms with E-state index in [1.54, 1.807) is 42.3 Å². The smallest absolute Gasteiger partial charge is 0.282 e. The van der Waals surface area contributed by atoms with E-state index in [9.17, 15) is 14.0 Å². The van der Waals surface area contributed by atoms with Gasteiger partial charge in [-0.05, 0) is 55.0 Å². The van der Waals surface area contributed by atoms with Gasteiger partial charge in [-0.15, -0.1) is 0 Å². The standard InChI is InChI=1S/C25H21FN2O3/c1-3-27(19-9-5-4-6-10-19)23-22(17-12-14-21(31-2)15-13-17)24(29)28(25(23)30)20-11-7-8-18(26)16-20/h4-16H,3H2,1-2H3. The Hall–Kier alpha value is -3.93. The molecule has 1 aliphatic rings. The van der Waals surface area contributed by atoms with Gasteiger partial charge in [0.05, 0.1) is 18.4 Å². The summed E-state index contributed by atoms with van der Waals surface area (Å²) in [5, 5.41) is 0. The SMILES string of the molecule is CCN(C1=C(c2ccc(OC)cc2)C(=O)N(c2cccc(F)c2)C1=O)c1ccccc1. The molecule has 6 heteroatoms. The highest BCUT2D eigenvalue weighted by atomic mass is 19.1. The van der Waals surface area contributed by atoms with Crippen LogP contribution >= 0.6 is 0 Å². The number of carbonyl (C=O) groups excluding carboxylic acids is 2. The van der Waals surface area contributed by atoms with Gasteiger partial charge >= 0.3 is 0 Å². The molecule has 0 spiro atoms. The van der Waals surface area contributed by atoms with E-state index in [0.29, 0.717) is 17.9 Å². The Morgan fingerprint density at radius 2 is 1.61 bits per heavy atom. The van der Waals surface area contributed by atoms with Crippen LogP contribution in [0.1, 0.15) is 12.5 Å². The van der Waals surface area contributed by atoms with E-state index in [-0.39, 0.29) is 17.0 Å². The molecule has 4 rings (SSSR count). The van der Waals surface area contributed by atoms with Crippen molar-refractivity contribution in [2.75, 3.05) is 23.5 Å². The van der Waals surface area contributed by atoms with Crippen molar-refractivity contribution in [3.05, 3.63) is 95.9 Å². The fourth-order valence-corrected chi connectivity index (χ4v) is 3.71. The van der Waals surface area contributed by atoms with E-state index < -0.39 is 17.6 Å². The number of imide groups is 1. The first kappa shape index (κ1) is 20.3. The van der Waals surface area contributed by atoms with Crippen LogP contribution in [0.15, 0.2) is 84.6 Å². The zero-order valence-electron chi connectivity index (χ0n) is 17.2. The molecule has 3 aromatic carbocycles. The Labute approximate surface area is 180 Å². The van der Waals surface area contributed by atoms with Crippen molar-refractivity contribution in [1.29, 1.82) is 0 Å². The third-order valence-corrected chi connectivity index (χ3v) is 5.16. The zero-order valence-corrected chi connectivity index (χ0v) is 17.2. The Balaban J connectivity index is 1.90. The molecule has 156 valence electrons. The van der Waals surface area contributed by atoms with Crippen molar-refractivity contribution in [1.82, 2.24) is 0 Å². The van der Waals surface area contributed by atoms with Crippen LogP contribution < -0.4 is 14.5 Å². The van der Waals surface area contributed by atoms with E-state index in [4.69, 9.17) is 4.74 Å². The zero-order chi connectivity index (χ0) is 22.0. The number of hydrogen-bond donors (Lipinski definition) is 0. The molecule has 0 bridgehead atoms. The Morgan fingerprint density at radius 1 is 0.903 bits per heavy atom. The molecule has 0 aliphatic carbocycles. The lowest BCUT2D eigenvalue weighted by Crippen LogP contribution is -2.35. The average molecular weight is 416 g/mol. The van der Waals surface area contributed by atoms with Crippen molar-refractivity contribution in [2.24, 2.45) is 0 Å². The molecular weight excluding hydrogens is 395 g/mol. The number of methoxy groups -OCH3 is 1. The van der Waals surface area contributed by atoms with Gasteiger partial charge in [0.15, 0.2) is 0 Å². The molecule has 0 N–H and O–H groups in total. The number of benzene rings is 3. The van der Waals surface area contributed by atoms with Crippen molar-refractivity contribution >= 4 is 28.8 Å². The molecule has 0 aromatic heterocycles. The highest BCUT2D eigenvalue weighted by molar-refractivity contribution is 6.46. The molecule has 0 atom stereocenters. The molecule has 0 fully saturated rings. The maximum atomic E-state index is 13.9. The van der Waals surface area contributed by atoms with Crippen LogP contribution in [0.4, 0.5) is 15.8 Å². The Kier molecular flexibility index (Phi) is 5.54. The number of ether oxygens (including phenoxy) is 1. The summed E-state index contributed by atoms with van der Waals surface area (Å²) >= 11 is 0. The Morgan fingerprint density at radius 3 is 2.23 bits per heavy atom. The molecule has 0 saturated carbocycles. The van der Waals surface area contributed by atoms with E-state index in [1.807, 2.05) is 37.3 Å². The van der Waals surface area contributed by atoms with E-state index >= 15 is 0 Å². The normalized spacial score (nSPS) is 13.7. The topological polar surface area (TPSA) is 49.9 Å². The first-order chi connectivity index (χ1) is 15.0. The Bertz CT molecular complexity index is 1160. The third-order valence-electron chi connectivity index (χ3n) is 5.16. The number of amides is 2. The third kappa shape index (κ3) is 3.68. The van der Waals surface area contributed by atoms with Crippen LogP contribution in [-0.4, -0.2) is 25.5 Å². The van der Waals surface area contributed by atoms with Gasteiger partial charge in [-0.1, -0.05) is 36.4 Å². The average Bonchev–Trinajstić information content (AvgIpc) is 3.05. The first-order valence-corrected chi connectivity index (χ1v) is 9.90. The van der Waals surface area contributed by atoms with Crippen LogP contribution in [0.5, 0.6) is 5.75 Å². The van der Waals surface area contributed by atoms with Crippen LogP contribution in [0, 0.1) is 5.82 Å². The lowest BCUT2D eigenvalue weighted by atomic mass is 10.0. The van der Waals surface area contributed by atoms with Gasteiger partial charge in [0.2, 0.25) is 0 Å². The highest BCUT2D eigenvalue weighted by Gasteiger charge is 2.42. The predicted octanol–water partition coefficient (Wildman–Crippen LogP) is 4.65. The van der Waals surface area contributed by atoms with Crippen molar-refractivity contribution < 1.29 is 18.7 Å². The summed E-state index contributed by atoms with van der Waals surface area (Å²) in [5.74, 6) is -0.870. The molecule has 0 saturated heterocycles. The summed E-state index contributed by atoms with van der Waals surface area (Å²) in [5.41, 5.74) is 2.09. The van der Waals surface area contributed by atoms with Crippen LogP contribution in [-0.2, 0) is 9.59 Å². The summed E-state index contributed by atoms with van der Waals surface area (Å²) in [4.78, 5) is 29.9. The quantitative estimate of drug-likeness (QED) is 0.549. The van der Waals surface area contributed by atoms with Crippen LogP contribution in [0.3, 0.4) is 0 Å². The number of hydrogen-bond acceptors (Lipinski definition) is 4. The number of rotatable bonds is 6. The maximum Gasteiger partial charge on any atom is 0.282 e. The second kappa shape index (κ2) is 8.44. The molecule has 0 unspecified atom stereocenters. The van der Waals surface area contributed by atoms with Crippen molar-refractivity contribution in [3.8, 4) is 5.75 Å². The minimum Gasteiger partial charge on any atom is -0.497 e. The van der Waals surface area contributed by atoms with E-state index in [2.05, 4.69) is 0 Å². The molecule has 1 heterocycles. The van der Waals surface area contributed by atoms with Gasteiger partial charge in [-0.2, -0.15) is 0 Å². The minimum absolute atomic E-state index is 0.195. The molecular formula is C25H21FN2O3. The summed E-state index contributed by atoms with van der Waals surface area (Å²) < 4.78 is 19.1. The summed E-state index contributed by atoms with van der Waals surface area (Å²) in [6.07, 6.45) is 0. The monoisotopic (exact) mass is 416 g/mol. The first-order valence-electron chi connectivity index (χ1n) is 9.90. The van der Waals surface area contributed by atoms with Gasteiger partial charge < -0.3 is 9.64 Å². The summed E-state index contributed by atoms with van der Waals surface area (Å²) in [7, 11) is 1.56. The maximum absolute atomic E-state index is 13.9. The van der Waals surface area contributed by atoms with Gasteiger partial charge in [-0.25, -0.2) is 9.29 Å². The van der Waals surface area contributed by atoms with E-state index in [1.165, 1.54) is 18.2 Å². The van der Waals surface area contributed by atoms with Gasteiger partial charge in [0.25, 0.3) is 11.8 Å². The number of para-hydroxylation sites is 1. The molecule has 31 heavy (non-hydrogen) atoms. The van der Waals surface area contributed by atoms with Gasteiger partial charge in [0.1, 0.15) is 17.3 Å². The molecule has 0 radical (unpaired) electrons. The molecule has 2 amide bonds. The number of nitrogens with zero attached hydrogens (tertiary/aromatic N) is 2. The van der Waals surface area contributed by atoms with Crippen molar-refractivity contribution in [3.63, 3.8) is 0 Å². The van der Waals surface area contributed by atoms with Gasteiger partial charge in [0, 0.05) is 12.2 Å². The largest absolute Gasteiger partial charge is 0.497 e. The predicted molar refractivity (Wildman–Crippen MR) is 118 cm³/mol. The summed E-state index contributed by atoms with van der Waals surface area (Å²) in [6.45, 7) is 2.38. The minimum atomic E-state index is -0.520. The van der Waals surface area contributed by atoms with Gasteiger partial charge in [-0.3, -0.25) is 9.59 Å². The number of anilines is 2. The second-order valence-corrected chi connectivity index (χ2v) is 6.96. The molecule has 3 aromatic rings. The molecule has 5 nitrogen and oxygen atoms in total. The molecule has 1 aliphatic heterocycles. The summed E-state index contributed by atoms with van der Waals surface area (Å²) in [6, 6.07) is 21.8. The fourth-order valence-electron chi connectivity index (χ4n) is 3.71. The van der Waals surface area contributed by atoms with Crippen molar-refractivity contribution in [2.45, 2.75) is 6.92 Å². The highest BCUT2D eigenvalue weighted by Crippen LogP contribution is 2.37. The second-order valence-electron chi connectivity index (χ2n) is 6.96. The number of halogens is 1. The van der Waals surface area contributed by atoms with E-state index in [0.717, 1.165) is 10.6 Å². The van der Waals surface area contributed by atoms with Crippen LogP contribution in [0.2, 0.25) is 0 Å². The lowest BCUT2D eigenvalue weighted by molar-refractivity contribution is -0.120. The lowest BCUT2D eigenvalue weighted by Gasteiger charge is -2.25. The van der Waals surface area contributed by atoms with Crippen LogP contribution in [0.25, 0.3) is 5.57 Å². The number of carbonyl (C=O) groups is 2. The number of likely N-dealkylation sites (N-methyl/N-ethyl adjacent to an activating group) is 1.